The molecule has 5 rings (SSSR count). The maximum Gasteiger partial charge on any atom is 0.259 e. The molecule has 2 aromatic heterocycles. The minimum Gasteiger partial charge on any atom is -0.396 e. The third-order valence-electron chi connectivity index (χ3n) is 6.45. The molecule has 0 radical (unpaired) electrons. The number of rotatable bonds is 4. The monoisotopic (exact) mass is 404 g/mol. The van der Waals surface area contributed by atoms with Gasteiger partial charge < -0.3 is 19.3 Å². The van der Waals surface area contributed by atoms with Crippen LogP contribution in [0.3, 0.4) is 0 Å². The summed E-state index contributed by atoms with van der Waals surface area (Å²) in [6.07, 6.45) is 1.69. The predicted octanol–water partition coefficient (Wildman–Crippen LogP) is 1.08. The molecule has 1 N–H and O–H groups in total. The Morgan fingerprint density at radius 1 is 1.39 bits per heavy atom. The van der Waals surface area contributed by atoms with Gasteiger partial charge in [0.1, 0.15) is 21.9 Å². The zero-order chi connectivity index (χ0) is 19.5. The summed E-state index contributed by atoms with van der Waals surface area (Å²) in [5.41, 5.74) is 0.737. The Hall–Kier alpha value is -1.81. The fourth-order valence-corrected chi connectivity index (χ4v) is 5.93. The van der Waals surface area contributed by atoms with Crippen molar-refractivity contribution < 1.29 is 19.2 Å². The lowest BCUT2D eigenvalue weighted by Crippen LogP contribution is -2.55. The predicted molar refractivity (Wildman–Crippen MR) is 101 cm³/mol. The molecule has 2 aromatic rings. The number of nitrogens with zero attached hydrogens (tertiary/aromatic N) is 4. The summed E-state index contributed by atoms with van der Waals surface area (Å²) >= 11 is 1.65. The third-order valence-corrected chi connectivity index (χ3v) is 7.21. The lowest BCUT2D eigenvalue weighted by atomic mass is 9.83. The lowest BCUT2D eigenvalue weighted by molar-refractivity contribution is -0.108. The molecule has 1 amide bonds. The standard InChI is InChI=1S/C19H24N4O4S/c1-11-17(12(2)27-21-11)18(25)23-6-15-13(8-24)14-5-22(7-16-20-3-4-28-16)9-19(14,10-23)26-15/h3-4,13-15,24H,5-10H2,1-2H3/t13-,14+,15+,19-/m0/s1. The molecule has 8 nitrogen and oxygen atoms in total. The SMILES string of the molecule is Cc1noc(C)c1C(=O)N1C[C@H]2O[C@@]3(CN(Cc4nccs4)C[C@@H]3[C@@H]2CO)C1. The van der Waals surface area contributed by atoms with E-state index >= 15 is 0 Å². The highest BCUT2D eigenvalue weighted by Gasteiger charge is 2.62. The van der Waals surface area contributed by atoms with Crippen LogP contribution in [0.25, 0.3) is 0 Å². The maximum atomic E-state index is 13.2. The van der Waals surface area contributed by atoms with Crippen molar-refractivity contribution in [2.24, 2.45) is 11.8 Å². The third kappa shape index (κ3) is 2.72. The molecular formula is C19H24N4O4S. The van der Waals surface area contributed by atoms with Gasteiger partial charge in [-0.05, 0) is 13.8 Å². The molecule has 5 heterocycles. The Kier molecular flexibility index (Phi) is 4.31. The van der Waals surface area contributed by atoms with E-state index in [0.717, 1.165) is 24.6 Å². The molecule has 9 heteroatoms. The van der Waals surface area contributed by atoms with Crippen LogP contribution < -0.4 is 0 Å². The van der Waals surface area contributed by atoms with Gasteiger partial charge in [0.25, 0.3) is 5.91 Å². The van der Waals surface area contributed by atoms with E-state index in [1.54, 1.807) is 25.2 Å². The summed E-state index contributed by atoms with van der Waals surface area (Å²) in [7, 11) is 0. The van der Waals surface area contributed by atoms with E-state index in [4.69, 9.17) is 9.26 Å². The van der Waals surface area contributed by atoms with Crippen LogP contribution in [0.15, 0.2) is 16.1 Å². The van der Waals surface area contributed by atoms with Crippen LogP contribution in [0.5, 0.6) is 0 Å². The summed E-state index contributed by atoms with van der Waals surface area (Å²) in [5.74, 6) is 0.749. The summed E-state index contributed by atoms with van der Waals surface area (Å²) in [5, 5.41) is 17.0. The van der Waals surface area contributed by atoms with Gasteiger partial charge in [0.2, 0.25) is 0 Å². The van der Waals surface area contributed by atoms with Crippen molar-refractivity contribution >= 4 is 17.2 Å². The van der Waals surface area contributed by atoms with Crippen molar-refractivity contribution in [1.29, 1.82) is 0 Å². The summed E-state index contributed by atoms with van der Waals surface area (Å²) in [6.45, 7) is 7.05. The Bertz CT molecular complexity index is 865. The summed E-state index contributed by atoms with van der Waals surface area (Å²) < 4.78 is 11.7. The molecule has 2 bridgehead atoms. The Labute approximate surface area is 167 Å². The van der Waals surface area contributed by atoms with E-state index in [0.29, 0.717) is 30.1 Å². The van der Waals surface area contributed by atoms with E-state index in [-0.39, 0.29) is 30.5 Å². The molecule has 28 heavy (non-hydrogen) atoms. The van der Waals surface area contributed by atoms with Gasteiger partial charge in [-0.3, -0.25) is 9.69 Å². The molecular weight excluding hydrogens is 380 g/mol. The minimum absolute atomic E-state index is 0.0452. The van der Waals surface area contributed by atoms with Crippen molar-refractivity contribution in [2.75, 3.05) is 32.8 Å². The molecule has 3 aliphatic heterocycles. The first-order valence-electron chi connectivity index (χ1n) is 9.62. The minimum atomic E-state index is -0.428. The Balaban J connectivity index is 1.41. The number of morpholine rings is 1. The van der Waals surface area contributed by atoms with E-state index in [9.17, 15) is 9.90 Å². The van der Waals surface area contributed by atoms with Crippen LogP contribution in [-0.2, 0) is 11.3 Å². The van der Waals surface area contributed by atoms with E-state index in [1.807, 2.05) is 16.5 Å². The average molecular weight is 404 g/mol. The van der Waals surface area contributed by atoms with Crippen LogP contribution in [-0.4, -0.2) is 75.4 Å². The molecule has 0 aliphatic carbocycles. The zero-order valence-electron chi connectivity index (χ0n) is 16.0. The maximum absolute atomic E-state index is 13.2. The lowest BCUT2D eigenvalue weighted by Gasteiger charge is -2.40. The molecule has 0 saturated carbocycles. The van der Waals surface area contributed by atoms with Crippen molar-refractivity contribution in [1.82, 2.24) is 19.9 Å². The van der Waals surface area contributed by atoms with Gasteiger partial charge >= 0.3 is 0 Å². The molecule has 3 aliphatic rings. The van der Waals surface area contributed by atoms with E-state index in [2.05, 4.69) is 15.0 Å². The van der Waals surface area contributed by atoms with Gasteiger partial charge in [-0.2, -0.15) is 0 Å². The largest absolute Gasteiger partial charge is 0.396 e. The van der Waals surface area contributed by atoms with Gasteiger partial charge in [0.05, 0.1) is 24.9 Å². The van der Waals surface area contributed by atoms with Crippen LogP contribution >= 0.6 is 11.3 Å². The van der Waals surface area contributed by atoms with Crippen LogP contribution in [0.2, 0.25) is 0 Å². The average Bonchev–Trinajstić information content (AvgIpc) is 3.40. The number of aromatic nitrogens is 2. The number of hydrogen-bond donors (Lipinski definition) is 1. The second-order valence-corrected chi connectivity index (χ2v) is 9.13. The van der Waals surface area contributed by atoms with Gasteiger partial charge in [0.15, 0.2) is 0 Å². The number of aryl methyl sites for hydroxylation is 2. The van der Waals surface area contributed by atoms with Crippen LogP contribution in [0, 0.1) is 25.7 Å². The number of ether oxygens (including phenoxy) is 1. The fourth-order valence-electron chi connectivity index (χ4n) is 5.27. The fraction of sp³-hybridized carbons (Fsp3) is 0.632. The quantitative estimate of drug-likeness (QED) is 0.815. The van der Waals surface area contributed by atoms with Crippen LogP contribution in [0.1, 0.15) is 26.8 Å². The highest BCUT2D eigenvalue weighted by atomic mass is 32.1. The second-order valence-electron chi connectivity index (χ2n) is 8.15. The number of aliphatic hydroxyl groups is 1. The number of likely N-dealkylation sites (tertiary alicyclic amines) is 2. The smallest absolute Gasteiger partial charge is 0.259 e. The van der Waals surface area contributed by atoms with E-state index < -0.39 is 5.60 Å². The van der Waals surface area contributed by atoms with Crippen molar-refractivity contribution in [2.45, 2.75) is 32.1 Å². The normalized spacial score (nSPS) is 32.1. The zero-order valence-corrected chi connectivity index (χ0v) is 16.8. The molecule has 0 unspecified atom stereocenters. The number of carbonyl (C=O) groups is 1. The van der Waals surface area contributed by atoms with E-state index in [1.165, 1.54) is 0 Å². The molecule has 150 valence electrons. The van der Waals surface area contributed by atoms with Crippen molar-refractivity contribution in [3.05, 3.63) is 33.6 Å². The van der Waals surface area contributed by atoms with Gasteiger partial charge in [-0.15, -0.1) is 11.3 Å². The Morgan fingerprint density at radius 2 is 2.25 bits per heavy atom. The number of amides is 1. The summed E-state index contributed by atoms with van der Waals surface area (Å²) in [4.78, 5) is 21.8. The number of thiazole rings is 1. The first-order valence-corrected chi connectivity index (χ1v) is 10.5. The number of fused-ring (bicyclic) bond motifs is 1. The topological polar surface area (TPSA) is 91.9 Å². The molecule has 4 atom stereocenters. The first-order chi connectivity index (χ1) is 13.5. The summed E-state index contributed by atoms with van der Waals surface area (Å²) in [6, 6.07) is 0. The molecule has 1 spiro atoms. The highest BCUT2D eigenvalue weighted by Crippen LogP contribution is 2.49. The number of aliphatic hydroxyl groups excluding tert-OH is 1. The number of carbonyl (C=O) groups excluding carboxylic acids is 1. The van der Waals surface area contributed by atoms with Crippen molar-refractivity contribution in [3.63, 3.8) is 0 Å². The first kappa shape index (κ1) is 18.2. The molecule has 3 saturated heterocycles. The van der Waals surface area contributed by atoms with Crippen LogP contribution in [0.4, 0.5) is 0 Å². The van der Waals surface area contributed by atoms with Gasteiger partial charge in [0, 0.05) is 49.7 Å². The molecule has 3 fully saturated rings. The Morgan fingerprint density at radius 3 is 2.93 bits per heavy atom. The number of hydrogen-bond acceptors (Lipinski definition) is 8. The van der Waals surface area contributed by atoms with Gasteiger partial charge in [-0.1, -0.05) is 5.16 Å². The second kappa shape index (κ2) is 6.62. The highest BCUT2D eigenvalue weighted by molar-refractivity contribution is 7.09. The molecule has 0 aromatic carbocycles. The van der Waals surface area contributed by atoms with Crippen molar-refractivity contribution in [3.8, 4) is 0 Å². The van der Waals surface area contributed by atoms with Gasteiger partial charge in [-0.25, -0.2) is 4.98 Å².